The van der Waals surface area contributed by atoms with Gasteiger partial charge in [-0.15, -0.1) is 0 Å². The number of aliphatic hydroxyl groups is 1. The highest BCUT2D eigenvalue weighted by molar-refractivity contribution is 7.89. The number of sulfonamides is 1. The summed E-state index contributed by atoms with van der Waals surface area (Å²) in [6.07, 6.45) is 0.527. The van der Waals surface area contributed by atoms with Crippen LogP contribution in [0.25, 0.3) is 0 Å². The van der Waals surface area contributed by atoms with Gasteiger partial charge in [0.2, 0.25) is 21.8 Å². The minimum Gasteiger partial charge on any atom is -0.399 e. The Morgan fingerprint density at radius 1 is 0.939 bits per heavy atom. The summed E-state index contributed by atoms with van der Waals surface area (Å²) < 4.78 is 42.2. The lowest BCUT2D eigenvalue weighted by atomic mass is 9.85. The highest BCUT2D eigenvalue weighted by Gasteiger charge is 2.44. The van der Waals surface area contributed by atoms with Gasteiger partial charge >= 0.3 is 0 Å². The molecule has 0 spiro atoms. The van der Waals surface area contributed by atoms with Crippen molar-refractivity contribution in [2.24, 2.45) is 11.3 Å². The fourth-order valence-electron chi connectivity index (χ4n) is 5.82. The van der Waals surface area contributed by atoms with E-state index < -0.39 is 45.1 Å². The second kappa shape index (κ2) is 15.8. The minimum atomic E-state index is -4.01. The third-order valence-corrected chi connectivity index (χ3v) is 10.6. The van der Waals surface area contributed by atoms with E-state index in [4.69, 9.17) is 5.73 Å². The number of nitrogen functional groups attached to an aromatic ring is 1. The van der Waals surface area contributed by atoms with Gasteiger partial charge in [-0.05, 0) is 78.1 Å². The molecule has 12 heteroatoms. The zero-order chi connectivity index (χ0) is 36.0. The van der Waals surface area contributed by atoms with Crippen molar-refractivity contribution in [1.82, 2.24) is 20.3 Å². The monoisotopic (exact) mass is 695 g/mol. The predicted molar refractivity (Wildman–Crippen MR) is 189 cm³/mol. The maximum Gasteiger partial charge on any atom is 0.243 e. The molecule has 0 aromatic heterocycles. The number of aliphatic hydroxyl groups excluding tert-OH is 1. The first-order valence-corrected chi connectivity index (χ1v) is 18.1. The highest BCUT2D eigenvalue weighted by Crippen LogP contribution is 2.45. The van der Waals surface area contributed by atoms with E-state index in [2.05, 4.69) is 16.0 Å². The molecule has 0 aliphatic heterocycles. The fourth-order valence-corrected chi connectivity index (χ4v) is 7.44. The van der Waals surface area contributed by atoms with E-state index in [1.54, 1.807) is 12.1 Å². The summed E-state index contributed by atoms with van der Waals surface area (Å²) in [4.78, 5) is 27.3. The predicted octanol–water partition coefficient (Wildman–Crippen LogP) is 3.95. The first kappa shape index (κ1) is 38.0. The van der Waals surface area contributed by atoms with E-state index >= 15 is 0 Å². The number of benzene rings is 3. The Balaban J connectivity index is 1.52. The third kappa shape index (κ3) is 10.3. The number of carbonyl (C=O) groups is 2. The lowest BCUT2D eigenvalue weighted by Crippen LogP contribution is -2.59. The number of rotatable bonds is 16. The Hall–Kier alpha value is -3.84. The van der Waals surface area contributed by atoms with Gasteiger partial charge < -0.3 is 21.5 Å². The summed E-state index contributed by atoms with van der Waals surface area (Å²) in [5, 5.41) is 20.8. The molecule has 1 unspecified atom stereocenters. The molecular weight excluding hydrogens is 646 g/mol. The molecule has 266 valence electrons. The molecule has 0 radical (unpaired) electrons. The molecule has 0 bridgehead atoms. The van der Waals surface area contributed by atoms with Gasteiger partial charge in [0.15, 0.2) is 0 Å². The number of carbonyl (C=O) groups excluding carboxylic acids is 2. The SMILES string of the molecule is CC(C)CN(C[C@@H](O)[C@H](Cc1ccccc1)NC(=O)C(NC(=O)CNC1(c2ccc(F)cc2)CC1)C(C)(C)C)S(=O)(=O)c1ccc(N)cc1. The highest BCUT2D eigenvalue weighted by atomic mass is 32.2. The summed E-state index contributed by atoms with van der Waals surface area (Å²) in [5.74, 6) is -1.27. The van der Waals surface area contributed by atoms with Crippen molar-refractivity contribution in [2.45, 2.75) is 82.5 Å². The van der Waals surface area contributed by atoms with Crippen molar-refractivity contribution >= 4 is 27.5 Å². The van der Waals surface area contributed by atoms with Crippen LogP contribution in [-0.2, 0) is 31.6 Å². The number of anilines is 1. The van der Waals surface area contributed by atoms with E-state index in [9.17, 15) is 27.5 Å². The van der Waals surface area contributed by atoms with Gasteiger partial charge in [0.05, 0.1) is 23.6 Å². The standard InChI is InChI=1S/C37H50FN5O5S/c1-25(2)23-43(49(47,48)30-17-15-29(39)16-18-30)24-32(44)31(21-26-9-7-6-8-10-26)41-35(46)34(36(3,4)5)42-33(45)22-40-37(19-20-37)27-11-13-28(38)14-12-27/h6-18,25,31-32,34,40,44H,19-24,39H2,1-5H3,(H,41,46)(H,42,45)/t31-,32+,34?/m0/s1. The maximum atomic E-state index is 14.0. The average Bonchev–Trinajstić information content (AvgIpc) is 3.83. The molecule has 4 rings (SSSR count). The number of nitrogens with zero attached hydrogens (tertiary/aromatic N) is 1. The number of halogens is 1. The van der Waals surface area contributed by atoms with Gasteiger partial charge in [-0.2, -0.15) is 4.31 Å². The van der Waals surface area contributed by atoms with Gasteiger partial charge in [-0.3, -0.25) is 14.9 Å². The van der Waals surface area contributed by atoms with Gasteiger partial charge in [0, 0.05) is 24.3 Å². The third-order valence-electron chi connectivity index (χ3n) is 8.74. The number of hydrogen-bond acceptors (Lipinski definition) is 7. The molecule has 2 amide bonds. The topological polar surface area (TPSA) is 154 Å². The number of hydrogen-bond donors (Lipinski definition) is 5. The quantitative estimate of drug-likeness (QED) is 0.142. The maximum absolute atomic E-state index is 14.0. The van der Waals surface area contributed by atoms with Crippen LogP contribution < -0.4 is 21.7 Å². The molecule has 1 aliphatic rings. The first-order valence-electron chi connectivity index (χ1n) is 16.7. The molecule has 1 fully saturated rings. The van der Waals surface area contributed by atoms with Crippen LogP contribution in [0.3, 0.4) is 0 Å². The summed E-state index contributed by atoms with van der Waals surface area (Å²) in [6.45, 7) is 9.08. The zero-order valence-electron chi connectivity index (χ0n) is 28.9. The molecule has 6 N–H and O–H groups in total. The van der Waals surface area contributed by atoms with Crippen LogP contribution in [0.5, 0.6) is 0 Å². The minimum absolute atomic E-state index is 0.0507. The van der Waals surface area contributed by atoms with Crippen LogP contribution in [-0.4, -0.2) is 67.5 Å². The number of nitrogens with one attached hydrogen (secondary N) is 3. The Morgan fingerprint density at radius 2 is 1.55 bits per heavy atom. The van der Waals surface area contributed by atoms with Crippen molar-refractivity contribution in [1.29, 1.82) is 0 Å². The summed E-state index contributed by atoms with van der Waals surface area (Å²) in [5.41, 5.74) is 6.82. The fraction of sp³-hybridized carbons (Fsp3) is 0.459. The molecule has 3 aromatic rings. The van der Waals surface area contributed by atoms with E-state index in [0.717, 1.165) is 24.0 Å². The van der Waals surface area contributed by atoms with Crippen LogP contribution >= 0.6 is 0 Å². The summed E-state index contributed by atoms with van der Waals surface area (Å²) in [6, 6.07) is 19.5. The molecule has 0 saturated heterocycles. The molecule has 3 atom stereocenters. The average molecular weight is 696 g/mol. The molecule has 0 heterocycles. The van der Waals surface area contributed by atoms with E-state index in [-0.39, 0.29) is 48.6 Å². The normalized spacial score (nSPS) is 16.2. The first-order chi connectivity index (χ1) is 23.0. The molecule has 1 aliphatic carbocycles. The smallest absolute Gasteiger partial charge is 0.243 e. The summed E-state index contributed by atoms with van der Waals surface area (Å²) in [7, 11) is -4.01. The molecule has 10 nitrogen and oxygen atoms in total. The molecule has 49 heavy (non-hydrogen) atoms. The lowest BCUT2D eigenvalue weighted by molar-refractivity contribution is -0.132. The second-order valence-electron chi connectivity index (χ2n) is 14.5. The Bertz CT molecular complexity index is 1660. The Labute approximate surface area is 289 Å². The largest absolute Gasteiger partial charge is 0.399 e. The zero-order valence-corrected chi connectivity index (χ0v) is 29.8. The van der Waals surface area contributed by atoms with Gasteiger partial charge in [-0.25, -0.2) is 12.8 Å². The van der Waals surface area contributed by atoms with Crippen molar-refractivity contribution < 1.29 is 27.5 Å². The van der Waals surface area contributed by atoms with Crippen LogP contribution in [0.1, 0.15) is 58.6 Å². The van der Waals surface area contributed by atoms with E-state index in [1.807, 2.05) is 65.0 Å². The number of nitrogens with two attached hydrogens (primary N) is 1. The van der Waals surface area contributed by atoms with Gasteiger partial charge in [0.1, 0.15) is 11.9 Å². The van der Waals surface area contributed by atoms with E-state index in [1.165, 1.54) is 40.7 Å². The molecular formula is C37H50FN5O5S. The van der Waals surface area contributed by atoms with Crippen molar-refractivity contribution in [3.05, 3.63) is 95.8 Å². The van der Waals surface area contributed by atoms with Gasteiger partial charge in [0.25, 0.3) is 0 Å². The lowest BCUT2D eigenvalue weighted by Gasteiger charge is -2.34. The summed E-state index contributed by atoms with van der Waals surface area (Å²) >= 11 is 0. The van der Waals surface area contributed by atoms with Crippen LogP contribution in [0.4, 0.5) is 10.1 Å². The van der Waals surface area contributed by atoms with Crippen molar-refractivity contribution in [3.63, 3.8) is 0 Å². The van der Waals surface area contributed by atoms with Crippen molar-refractivity contribution in [2.75, 3.05) is 25.4 Å². The van der Waals surface area contributed by atoms with Crippen molar-refractivity contribution in [3.8, 4) is 0 Å². The second-order valence-corrected chi connectivity index (χ2v) is 16.4. The van der Waals surface area contributed by atoms with Crippen LogP contribution in [0, 0.1) is 17.2 Å². The Morgan fingerprint density at radius 3 is 2.10 bits per heavy atom. The number of amides is 2. The molecule has 1 saturated carbocycles. The molecule has 3 aromatic carbocycles. The van der Waals surface area contributed by atoms with Gasteiger partial charge in [-0.1, -0.05) is 77.1 Å². The Kier molecular flexibility index (Phi) is 12.2. The van der Waals surface area contributed by atoms with Crippen LogP contribution in [0.15, 0.2) is 83.8 Å². The van der Waals surface area contributed by atoms with E-state index in [0.29, 0.717) is 5.69 Å². The van der Waals surface area contributed by atoms with Crippen LogP contribution in [0.2, 0.25) is 0 Å².